The molecule has 0 aromatic heterocycles. The summed E-state index contributed by atoms with van der Waals surface area (Å²) in [6, 6.07) is 17.0. The van der Waals surface area contributed by atoms with Crippen LogP contribution in [0.5, 0.6) is 0 Å². The second-order valence-corrected chi connectivity index (χ2v) is 6.45. The molecular formula is C18H21NOS. The van der Waals surface area contributed by atoms with E-state index in [-0.39, 0.29) is 11.2 Å². The third-order valence-electron chi connectivity index (χ3n) is 3.45. The largest absolute Gasteiger partial charge is 0.370 e. The Hall–Kier alpha value is -1.74. The molecule has 21 heavy (non-hydrogen) atoms. The minimum absolute atomic E-state index is 0.240. The van der Waals surface area contributed by atoms with E-state index in [9.17, 15) is 4.79 Å². The summed E-state index contributed by atoms with van der Waals surface area (Å²) in [7, 11) is 0. The predicted octanol–water partition coefficient (Wildman–Crippen LogP) is 4.00. The van der Waals surface area contributed by atoms with Crippen molar-refractivity contribution < 1.29 is 4.79 Å². The minimum Gasteiger partial charge on any atom is -0.370 e. The number of amides is 1. The van der Waals surface area contributed by atoms with Gasteiger partial charge in [0.25, 0.3) is 0 Å². The average Bonchev–Trinajstić information content (AvgIpc) is 2.44. The Morgan fingerprint density at radius 3 is 2.57 bits per heavy atom. The Morgan fingerprint density at radius 1 is 1.14 bits per heavy atom. The molecule has 0 heterocycles. The van der Waals surface area contributed by atoms with Crippen LogP contribution in [0.15, 0.2) is 48.5 Å². The molecule has 0 saturated heterocycles. The van der Waals surface area contributed by atoms with Crippen molar-refractivity contribution >= 4 is 17.7 Å². The van der Waals surface area contributed by atoms with E-state index >= 15 is 0 Å². The van der Waals surface area contributed by atoms with Crippen LogP contribution in [0.4, 0.5) is 0 Å². The topological polar surface area (TPSA) is 43.1 Å². The zero-order valence-corrected chi connectivity index (χ0v) is 13.3. The van der Waals surface area contributed by atoms with Crippen molar-refractivity contribution in [3.63, 3.8) is 0 Å². The number of rotatable bonds is 6. The smallest absolute Gasteiger partial charge is 0.218 e. The lowest BCUT2D eigenvalue weighted by Gasteiger charge is -2.20. The number of hydrogen-bond acceptors (Lipinski definition) is 2. The maximum Gasteiger partial charge on any atom is 0.218 e. The zero-order valence-electron chi connectivity index (χ0n) is 12.5. The maximum absolute atomic E-state index is 11.0. The van der Waals surface area contributed by atoms with Crippen LogP contribution in [-0.2, 0) is 4.79 Å². The third kappa shape index (κ3) is 4.36. The van der Waals surface area contributed by atoms with Gasteiger partial charge in [0.2, 0.25) is 5.91 Å². The molecule has 2 rings (SSSR count). The van der Waals surface area contributed by atoms with Crippen molar-refractivity contribution in [2.75, 3.05) is 5.75 Å². The van der Waals surface area contributed by atoms with Gasteiger partial charge in [-0.2, -0.15) is 0 Å². The summed E-state index contributed by atoms with van der Waals surface area (Å²) in [4.78, 5) is 11.0. The number of hydrogen-bond donors (Lipinski definition) is 1. The summed E-state index contributed by atoms with van der Waals surface area (Å²) < 4.78 is 0. The SMILES string of the molecule is Cc1cccc(C(SCCC(N)=O)c2ccccc2C)c1. The first-order chi connectivity index (χ1) is 10.1. The van der Waals surface area contributed by atoms with Gasteiger partial charge in [0, 0.05) is 12.2 Å². The van der Waals surface area contributed by atoms with Gasteiger partial charge in [-0.25, -0.2) is 0 Å². The van der Waals surface area contributed by atoms with Gasteiger partial charge in [-0.1, -0.05) is 54.1 Å². The van der Waals surface area contributed by atoms with Gasteiger partial charge in [-0.15, -0.1) is 11.8 Å². The van der Waals surface area contributed by atoms with Crippen LogP contribution < -0.4 is 5.73 Å². The van der Waals surface area contributed by atoms with Crippen LogP contribution in [-0.4, -0.2) is 11.7 Å². The van der Waals surface area contributed by atoms with Crippen molar-refractivity contribution in [2.45, 2.75) is 25.5 Å². The number of aryl methyl sites for hydroxylation is 2. The van der Waals surface area contributed by atoms with Crippen LogP contribution in [0.2, 0.25) is 0 Å². The van der Waals surface area contributed by atoms with Gasteiger partial charge in [0.1, 0.15) is 0 Å². The quantitative estimate of drug-likeness (QED) is 0.876. The van der Waals surface area contributed by atoms with Gasteiger partial charge in [-0.05, 0) is 30.5 Å². The van der Waals surface area contributed by atoms with Gasteiger partial charge < -0.3 is 5.73 Å². The van der Waals surface area contributed by atoms with Crippen molar-refractivity contribution in [3.8, 4) is 0 Å². The van der Waals surface area contributed by atoms with Gasteiger partial charge in [-0.3, -0.25) is 4.79 Å². The van der Waals surface area contributed by atoms with E-state index in [4.69, 9.17) is 5.73 Å². The first-order valence-corrected chi connectivity index (χ1v) is 8.15. The molecule has 1 atom stereocenters. The molecule has 2 nitrogen and oxygen atoms in total. The summed E-state index contributed by atoms with van der Waals surface area (Å²) in [5.41, 5.74) is 10.4. The molecule has 0 aliphatic carbocycles. The van der Waals surface area contributed by atoms with E-state index in [0.29, 0.717) is 6.42 Å². The lowest BCUT2D eigenvalue weighted by Crippen LogP contribution is -2.12. The predicted molar refractivity (Wildman–Crippen MR) is 90.5 cm³/mol. The van der Waals surface area contributed by atoms with Gasteiger partial charge in [0.05, 0.1) is 5.25 Å². The van der Waals surface area contributed by atoms with Crippen molar-refractivity contribution in [1.29, 1.82) is 0 Å². The Morgan fingerprint density at radius 2 is 1.90 bits per heavy atom. The fourth-order valence-electron chi connectivity index (χ4n) is 2.36. The molecule has 0 aliphatic rings. The lowest BCUT2D eigenvalue weighted by molar-refractivity contribution is -0.117. The van der Waals surface area contributed by atoms with Crippen molar-refractivity contribution in [3.05, 3.63) is 70.8 Å². The standard InChI is InChI=1S/C18H21NOS/c1-13-6-5-8-15(12-13)18(21-11-10-17(19)20)16-9-4-3-7-14(16)2/h3-9,12,18H,10-11H2,1-2H3,(H2,19,20). The van der Waals surface area contributed by atoms with Crippen LogP contribution in [0.25, 0.3) is 0 Å². The van der Waals surface area contributed by atoms with Crippen molar-refractivity contribution in [1.82, 2.24) is 0 Å². The minimum atomic E-state index is -0.240. The second kappa shape index (κ2) is 7.32. The summed E-state index contributed by atoms with van der Waals surface area (Å²) in [5, 5.41) is 0.241. The van der Waals surface area contributed by atoms with E-state index in [1.807, 2.05) is 0 Å². The van der Waals surface area contributed by atoms with E-state index < -0.39 is 0 Å². The molecule has 2 N–H and O–H groups in total. The molecule has 0 aliphatic heterocycles. The molecule has 2 aromatic carbocycles. The maximum atomic E-state index is 11.0. The molecule has 110 valence electrons. The third-order valence-corrected chi connectivity index (χ3v) is 4.75. The number of carbonyl (C=O) groups is 1. The first-order valence-electron chi connectivity index (χ1n) is 7.10. The van der Waals surface area contributed by atoms with E-state index in [0.717, 1.165) is 5.75 Å². The van der Waals surface area contributed by atoms with Crippen LogP contribution in [0, 0.1) is 13.8 Å². The second-order valence-electron chi connectivity index (χ2n) is 5.24. The van der Waals surface area contributed by atoms with E-state index in [1.54, 1.807) is 11.8 Å². The van der Waals surface area contributed by atoms with E-state index in [2.05, 4.69) is 62.4 Å². The Balaban J connectivity index is 2.30. The fraction of sp³-hybridized carbons (Fsp3) is 0.278. The monoisotopic (exact) mass is 299 g/mol. The first kappa shape index (κ1) is 15.6. The molecule has 1 amide bonds. The highest BCUT2D eigenvalue weighted by atomic mass is 32.2. The average molecular weight is 299 g/mol. The Labute approximate surface area is 130 Å². The summed E-state index contributed by atoms with van der Waals surface area (Å²) in [6.07, 6.45) is 0.416. The molecular weight excluding hydrogens is 278 g/mol. The van der Waals surface area contributed by atoms with Gasteiger partial charge in [0.15, 0.2) is 0 Å². The molecule has 0 radical (unpaired) electrons. The summed E-state index contributed by atoms with van der Waals surface area (Å²) in [6.45, 7) is 4.24. The summed E-state index contributed by atoms with van der Waals surface area (Å²) >= 11 is 1.78. The highest BCUT2D eigenvalue weighted by Gasteiger charge is 2.16. The number of carbonyl (C=O) groups excluding carboxylic acids is 1. The molecule has 0 bridgehead atoms. The fourth-order valence-corrected chi connectivity index (χ4v) is 3.69. The number of benzene rings is 2. The highest BCUT2D eigenvalue weighted by molar-refractivity contribution is 7.99. The van der Waals surface area contributed by atoms with Crippen LogP contribution in [0.1, 0.15) is 33.9 Å². The van der Waals surface area contributed by atoms with Crippen molar-refractivity contribution in [2.24, 2.45) is 5.73 Å². The highest BCUT2D eigenvalue weighted by Crippen LogP contribution is 2.37. The molecule has 0 spiro atoms. The lowest BCUT2D eigenvalue weighted by atomic mass is 9.99. The number of primary amides is 1. The number of thioether (sulfide) groups is 1. The molecule has 0 saturated carbocycles. The Kier molecular flexibility index (Phi) is 5.45. The summed E-state index contributed by atoms with van der Waals surface area (Å²) in [5.74, 6) is 0.498. The Bertz CT molecular complexity index is 624. The van der Waals surface area contributed by atoms with Gasteiger partial charge >= 0.3 is 0 Å². The zero-order chi connectivity index (χ0) is 15.2. The van der Waals surface area contributed by atoms with E-state index in [1.165, 1.54) is 22.3 Å². The molecule has 0 fully saturated rings. The molecule has 1 unspecified atom stereocenters. The van der Waals surface area contributed by atoms with Crippen LogP contribution in [0.3, 0.4) is 0 Å². The molecule has 3 heteroatoms. The van der Waals surface area contributed by atoms with Crippen LogP contribution >= 0.6 is 11.8 Å². The number of nitrogens with two attached hydrogens (primary N) is 1. The normalized spacial score (nSPS) is 12.1. The molecule has 2 aromatic rings.